The second-order valence-electron chi connectivity index (χ2n) is 13.9. The smallest absolute Gasteiger partial charge is 0.0639 e. The van der Waals surface area contributed by atoms with Crippen LogP contribution in [-0.4, -0.2) is 9.13 Å². The summed E-state index contributed by atoms with van der Waals surface area (Å²) in [5.41, 5.74) is 17.6. The van der Waals surface area contributed by atoms with Gasteiger partial charge in [0.05, 0.1) is 28.3 Å². The van der Waals surface area contributed by atoms with Crippen LogP contribution < -0.4 is 10.4 Å². The fourth-order valence-electron chi connectivity index (χ4n) is 9.70. The molecule has 1 aliphatic heterocycles. The third-order valence-electron chi connectivity index (χ3n) is 11.7. The molecule has 49 heavy (non-hydrogen) atoms. The average Bonchev–Trinajstić information content (AvgIpc) is 3.90. The summed E-state index contributed by atoms with van der Waals surface area (Å²) in [6.07, 6.45) is 4.41. The number of fused-ring (bicyclic) bond motifs is 13. The molecule has 0 radical (unpaired) electrons. The maximum absolute atomic E-state index is 2.63. The van der Waals surface area contributed by atoms with Crippen LogP contribution in [0.3, 0.4) is 0 Å². The highest BCUT2D eigenvalue weighted by Gasteiger charge is 2.33. The molecule has 1 atom stereocenters. The Morgan fingerprint density at radius 1 is 0.490 bits per heavy atom. The Morgan fingerprint density at radius 3 is 2.04 bits per heavy atom. The minimum Gasteiger partial charge on any atom is -0.332 e. The lowest BCUT2D eigenvalue weighted by atomic mass is 9.90. The highest BCUT2D eigenvalue weighted by atomic mass is 15.0. The van der Waals surface area contributed by atoms with E-state index in [1.54, 1.807) is 0 Å². The first-order valence-electron chi connectivity index (χ1n) is 17.4. The van der Waals surface area contributed by atoms with Gasteiger partial charge in [0.15, 0.2) is 0 Å². The molecule has 1 unspecified atom stereocenters. The van der Waals surface area contributed by atoms with E-state index in [-0.39, 0.29) is 0 Å². The fraction of sp³-hybridized carbons (Fsp3) is 0.0638. The number of hydrogen-bond acceptors (Lipinski definition) is 0. The molecule has 0 N–H and O–H groups in total. The largest absolute Gasteiger partial charge is 0.332 e. The van der Waals surface area contributed by atoms with Crippen LogP contribution in [0.5, 0.6) is 0 Å². The number of aromatic nitrogens is 2. The molecule has 7 aromatic carbocycles. The van der Waals surface area contributed by atoms with Crippen molar-refractivity contribution < 1.29 is 0 Å². The van der Waals surface area contributed by atoms with Crippen molar-refractivity contribution in [1.29, 1.82) is 0 Å². The van der Waals surface area contributed by atoms with E-state index < -0.39 is 0 Å². The molecular weight excluding hydrogens is 593 g/mol. The van der Waals surface area contributed by atoms with Crippen LogP contribution in [-0.2, 0) is 6.42 Å². The molecule has 0 fully saturated rings. The van der Waals surface area contributed by atoms with E-state index in [0.29, 0.717) is 6.04 Å². The summed E-state index contributed by atoms with van der Waals surface area (Å²) >= 11 is 0. The topological polar surface area (TPSA) is 9.86 Å². The highest BCUT2D eigenvalue weighted by molar-refractivity contribution is 6.14. The fourth-order valence-corrected chi connectivity index (χ4v) is 9.70. The van der Waals surface area contributed by atoms with Gasteiger partial charge >= 0.3 is 0 Å². The number of rotatable bonds is 2. The van der Waals surface area contributed by atoms with E-state index in [9.17, 15) is 0 Å². The maximum atomic E-state index is 2.63. The Kier molecular flexibility index (Phi) is 4.90. The summed E-state index contributed by atoms with van der Waals surface area (Å²) in [5.74, 6) is 0. The van der Waals surface area contributed by atoms with Gasteiger partial charge in [-0.3, -0.25) is 0 Å². The summed E-state index contributed by atoms with van der Waals surface area (Å²) in [6, 6.07) is 54.7. The molecule has 2 aliphatic carbocycles. The van der Waals surface area contributed by atoms with Gasteiger partial charge in [-0.25, -0.2) is 0 Å². The van der Waals surface area contributed by atoms with Gasteiger partial charge in [0.2, 0.25) is 0 Å². The van der Waals surface area contributed by atoms with Crippen molar-refractivity contribution in [2.24, 2.45) is 0 Å². The summed E-state index contributed by atoms with van der Waals surface area (Å²) in [4.78, 5) is 0. The lowest BCUT2D eigenvalue weighted by Crippen LogP contribution is -2.32. The van der Waals surface area contributed by atoms with Crippen molar-refractivity contribution in [1.82, 2.24) is 9.13 Å². The van der Waals surface area contributed by atoms with Crippen molar-refractivity contribution in [3.8, 4) is 27.9 Å². The Hall–Kier alpha value is -6.12. The SMILES string of the molecule is C1=c2cc3c4ccccc4n(-c4cccc5c4Cc4c(-c6ccccc6)cccc4-5)c3cc2=C2c3cccc4c5ccccc5n(c34)C2C1. The summed E-state index contributed by atoms with van der Waals surface area (Å²) in [6.45, 7) is 0. The zero-order chi connectivity index (χ0) is 31.8. The highest BCUT2D eigenvalue weighted by Crippen LogP contribution is 2.48. The third kappa shape index (κ3) is 3.26. The van der Waals surface area contributed by atoms with Gasteiger partial charge in [-0.1, -0.05) is 121 Å². The Balaban J connectivity index is 1.15. The van der Waals surface area contributed by atoms with E-state index in [0.717, 1.165) is 12.8 Å². The molecule has 2 nitrogen and oxygen atoms in total. The molecule has 3 heterocycles. The third-order valence-corrected chi connectivity index (χ3v) is 11.7. The second-order valence-corrected chi connectivity index (χ2v) is 13.9. The Bertz CT molecular complexity index is 3040. The van der Waals surface area contributed by atoms with Crippen molar-refractivity contribution in [3.05, 3.63) is 173 Å². The van der Waals surface area contributed by atoms with Crippen molar-refractivity contribution in [2.45, 2.75) is 18.9 Å². The van der Waals surface area contributed by atoms with Crippen LogP contribution in [0.4, 0.5) is 0 Å². The molecule has 2 aromatic heterocycles. The molecule has 228 valence electrons. The van der Waals surface area contributed by atoms with Gasteiger partial charge in [0, 0.05) is 39.0 Å². The van der Waals surface area contributed by atoms with Gasteiger partial charge in [0.25, 0.3) is 0 Å². The predicted molar refractivity (Wildman–Crippen MR) is 204 cm³/mol. The van der Waals surface area contributed by atoms with Gasteiger partial charge in [-0.05, 0) is 86.1 Å². The minimum absolute atomic E-state index is 0.300. The normalized spacial score (nSPS) is 15.5. The van der Waals surface area contributed by atoms with E-state index in [1.165, 1.54) is 104 Å². The Morgan fingerprint density at radius 2 is 1.16 bits per heavy atom. The predicted octanol–water partition coefficient (Wildman–Crippen LogP) is 10.1. The molecule has 0 saturated carbocycles. The number of para-hydroxylation sites is 3. The molecule has 0 amide bonds. The molecule has 12 rings (SSSR count). The molecule has 9 aromatic rings. The first-order chi connectivity index (χ1) is 24.3. The van der Waals surface area contributed by atoms with Gasteiger partial charge in [0.1, 0.15) is 0 Å². The van der Waals surface area contributed by atoms with E-state index in [4.69, 9.17) is 0 Å². The second kappa shape index (κ2) is 9.27. The number of benzene rings is 7. The van der Waals surface area contributed by atoms with Crippen molar-refractivity contribution in [2.75, 3.05) is 0 Å². The monoisotopic (exact) mass is 622 g/mol. The number of hydrogen-bond donors (Lipinski definition) is 0. The molecule has 0 spiro atoms. The first-order valence-corrected chi connectivity index (χ1v) is 17.4. The molecule has 0 saturated heterocycles. The van der Waals surface area contributed by atoms with Gasteiger partial charge in [-0.2, -0.15) is 0 Å². The molecule has 2 heteroatoms. The van der Waals surface area contributed by atoms with Crippen LogP contribution in [0.25, 0.3) is 83.2 Å². The van der Waals surface area contributed by atoms with Crippen LogP contribution >= 0.6 is 0 Å². The standard InChI is InChI=1S/C47H30N2/c1-2-11-28(12-3-1)30-15-8-16-31-32-17-10-22-43(40(32)26-38(30)31)48-41-20-6-5-14-34(41)39-25-29-23-24-44-46(37(29)27-45(39)48)36-19-9-18-35-33-13-4-7-21-42(33)49(44)47(35)36/h1-23,25,27,44H,24,26H2. The average molecular weight is 623 g/mol. The van der Waals surface area contributed by atoms with Crippen molar-refractivity contribution in [3.63, 3.8) is 0 Å². The summed E-state index contributed by atoms with van der Waals surface area (Å²) in [7, 11) is 0. The van der Waals surface area contributed by atoms with Crippen molar-refractivity contribution >= 4 is 55.3 Å². The van der Waals surface area contributed by atoms with E-state index in [2.05, 4.69) is 161 Å². The van der Waals surface area contributed by atoms with Crippen LogP contribution in [0.1, 0.15) is 29.2 Å². The minimum atomic E-state index is 0.300. The Labute approximate surface area is 283 Å². The molecule has 3 aliphatic rings. The van der Waals surface area contributed by atoms with Crippen LogP contribution in [0.2, 0.25) is 0 Å². The van der Waals surface area contributed by atoms with Crippen LogP contribution in [0, 0.1) is 0 Å². The molecular formula is C47H30N2. The lowest BCUT2D eigenvalue weighted by Gasteiger charge is -2.20. The zero-order valence-electron chi connectivity index (χ0n) is 26.8. The van der Waals surface area contributed by atoms with E-state index >= 15 is 0 Å². The van der Waals surface area contributed by atoms with Gasteiger partial charge < -0.3 is 9.13 Å². The lowest BCUT2D eigenvalue weighted by molar-refractivity contribution is 0.696. The summed E-state index contributed by atoms with van der Waals surface area (Å²) < 4.78 is 5.19. The van der Waals surface area contributed by atoms with E-state index in [1.807, 2.05) is 0 Å². The molecule has 0 bridgehead atoms. The number of nitrogens with zero attached hydrogens (tertiary/aromatic N) is 2. The summed E-state index contributed by atoms with van der Waals surface area (Å²) in [5, 5.41) is 8.08. The first kappa shape index (κ1) is 25.9. The quantitative estimate of drug-likeness (QED) is 0.182. The van der Waals surface area contributed by atoms with Gasteiger partial charge in [-0.15, -0.1) is 0 Å². The maximum Gasteiger partial charge on any atom is 0.0639 e. The van der Waals surface area contributed by atoms with Crippen LogP contribution in [0.15, 0.2) is 146 Å². The zero-order valence-corrected chi connectivity index (χ0v) is 26.8.